The fourth-order valence-corrected chi connectivity index (χ4v) is 1.56. The van der Waals surface area contributed by atoms with Crippen LogP contribution >= 0.6 is 0 Å². The van der Waals surface area contributed by atoms with Gasteiger partial charge >= 0.3 is 6.18 Å². The van der Waals surface area contributed by atoms with Gasteiger partial charge in [-0.2, -0.15) is 13.2 Å². The maximum atomic E-state index is 12.7. The van der Waals surface area contributed by atoms with Crippen LogP contribution in [0, 0.1) is 0 Å². The van der Waals surface area contributed by atoms with E-state index in [0.29, 0.717) is 6.42 Å². The lowest BCUT2D eigenvalue weighted by Crippen LogP contribution is -2.17. The SMILES string of the molecule is C=C(C)CC(N)c1ccccc1C(F)(F)F. The Morgan fingerprint density at radius 2 is 1.94 bits per heavy atom. The molecule has 0 heterocycles. The minimum Gasteiger partial charge on any atom is -0.324 e. The molecule has 1 aromatic rings. The second kappa shape index (κ2) is 4.70. The number of hydrogen-bond donors (Lipinski definition) is 1. The molecule has 0 aliphatic rings. The fourth-order valence-electron chi connectivity index (χ4n) is 1.56. The molecule has 0 saturated carbocycles. The lowest BCUT2D eigenvalue weighted by atomic mass is 9.96. The second-order valence-electron chi connectivity index (χ2n) is 3.85. The highest BCUT2D eigenvalue weighted by atomic mass is 19.4. The molecule has 4 heteroatoms. The molecule has 88 valence electrons. The van der Waals surface area contributed by atoms with E-state index in [0.717, 1.165) is 11.6 Å². The molecule has 16 heavy (non-hydrogen) atoms. The molecule has 2 N–H and O–H groups in total. The van der Waals surface area contributed by atoms with E-state index in [2.05, 4.69) is 6.58 Å². The van der Waals surface area contributed by atoms with Gasteiger partial charge in [0.2, 0.25) is 0 Å². The van der Waals surface area contributed by atoms with Gasteiger partial charge in [0.25, 0.3) is 0 Å². The largest absolute Gasteiger partial charge is 0.416 e. The van der Waals surface area contributed by atoms with E-state index in [1.54, 1.807) is 13.0 Å². The van der Waals surface area contributed by atoms with Gasteiger partial charge in [0.15, 0.2) is 0 Å². The van der Waals surface area contributed by atoms with E-state index in [1.165, 1.54) is 12.1 Å². The van der Waals surface area contributed by atoms with Crippen molar-refractivity contribution in [3.63, 3.8) is 0 Å². The molecule has 0 fully saturated rings. The molecule has 0 aliphatic heterocycles. The molecule has 0 aliphatic carbocycles. The van der Waals surface area contributed by atoms with E-state index in [1.807, 2.05) is 0 Å². The van der Waals surface area contributed by atoms with Crippen molar-refractivity contribution in [2.75, 3.05) is 0 Å². The standard InChI is InChI=1S/C12H14F3N/c1-8(2)7-11(16)9-5-3-4-6-10(9)12(13,14)15/h3-6,11H,1,7,16H2,2H3. The lowest BCUT2D eigenvalue weighted by Gasteiger charge is -2.18. The number of halogens is 3. The Morgan fingerprint density at radius 3 is 2.44 bits per heavy atom. The Labute approximate surface area is 92.8 Å². The maximum absolute atomic E-state index is 12.7. The molecular formula is C12H14F3N. The van der Waals surface area contributed by atoms with E-state index in [4.69, 9.17) is 5.73 Å². The first-order valence-electron chi connectivity index (χ1n) is 4.88. The third-order valence-corrected chi connectivity index (χ3v) is 2.23. The summed E-state index contributed by atoms with van der Waals surface area (Å²) in [5.74, 6) is 0. The van der Waals surface area contributed by atoms with Crippen LogP contribution in [-0.2, 0) is 6.18 Å². The van der Waals surface area contributed by atoms with Gasteiger partial charge in [0.1, 0.15) is 0 Å². The predicted octanol–water partition coefficient (Wildman–Crippen LogP) is 3.67. The van der Waals surface area contributed by atoms with Gasteiger partial charge in [-0.05, 0) is 25.0 Å². The van der Waals surface area contributed by atoms with Gasteiger partial charge in [-0.3, -0.25) is 0 Å². The van der Waals surface area contributed by atoms with Crippen LogP contribution in [0.5, 0.6) is 0 Å². The minimum absolute atomic E-state index is 0.123. The van der Waals surface area contributed by atoms with Gasteiger partial charge in [0.05, 0.1) is 5.56 Å². The molecule has 1 nitrogen and oxygen atoms in total. The summed E-state index contributed by atoms with van der Waals surface area (Å²) >= 11 is 0. The molecule has 1 unspecified atom stereocenters. The van der Waals surface area contributed by atoms with Crippen molar-refractivity contribution in [3.8, 4) is 0 Å². The third-order valence-electron chi connectivity index (χ3n) is 2.23. The zero-order valence-electron chi connectivity index (χ0n) is 9.01. The Bertz CT molecular complexity index is 382. The van der Waals surface area contributed by atoms with Crippen molar-refractivity contribution >= 4 is 0 Å². The van der Waals surface area contributed by atoms with E-state index in [-0.39, 0.29) is 5.56 Å². The molecule has 0 saturated heterocycles. The summed E-state index contributed by atoms with van der Waals surface area (Å²) in [5.41, 5.74) is 5.96. The van der Waals surface area contributed by atoms with Crippen LogP contribution in [0.2, 0.25) is 0 Å². The average Bonchev–Trinajstić information content (AvgIpc) is 2.15. The van der Waals surface area contributed by atoms with Crippen LogP contribution in [0.25, 0.3) is 0 Å². The fraction of sp³-hybridized carbons (Fsp3) is 0.333. The predicted molar refractivity (Wildman–Crippen MR) is 57.8 cm³/mol. The van der Waals surface area contributed by atoms with Crippen molar-refractivity contribution < 1.29 is 13.2 Å². The van der Waals surface area contributed by atoms with E-state index >= 15 is 0 Å². The summed E-state index contributed by atoms with van der Waals surface area (Å²) in [6.07, 6.45) is -4.00. The number of nitrogens with two attached hydrogens (primary N) is 1. The summed E-state index contributed by atoms with van der Waals surface area (Å²) in [7, 11) is 0. The van der Waals surface area contributed by atoms with Crippen LogP contribution < -0.4 is 5.73 Å². The molecule has 1 rings (SSSR count). The topological polar surface area (TPSA) is 26.0 Å². The van der Waals surface area contributed by atoms with Crippen molar-refractivity contribution in [2.24, 2.45) is 5.73 Å². The highest BCUT2D eigenvalue weighted by molar-refractivity contribution is 5.32. The first-order chi connectivity index (χ1) is 7.32. The molecule has 1 atom stereocenters. The van der Waals surface area contributed by atoms with Crippen molar-refractivity contribution in [2.45, 2.75) is 25.6 Å². The number of rotatable bonds is 3. The molecule has 1 aromatic carbocycles. The van der Waals surface area contributed by atoms with Crippen LogP contribution in [-0.4, -0.2) is 0 Å². The summed E-state index contributed by atoms with van der Waals surface area (Å²) in [6.45, 7) is 5.40. The van der Waals surface area contributed by atoms with Crippen LogP contribution in [0.15, 0.2) is 36.4 Å². The number of hydrogen-bond acceptors (Lipinski definition) is 1. The van der Waals surface area contributed by atoms with E-state index < -0.39 is 17.8 Å². The van der Waals surface area contributed by atoms with E-state index in [9.17, 15) is 13.2 Å². The number of benzene rings is 1. The van der Waals surface area contributed by atoms with Crippen molar-refractivity contribution in [1.82, 2.24) is 0 Å². The molecule has 0 radical (unpaired) electrons. The van der Waals surface area contributed by atoms with Gasteiger partial charge in [-0.25, -0.2) is 0 Å². The van der Waals surface area contributed by atoms with Gasteiger partial charge in [0, 0.05) is 6.04 Å². The molecule has 0 amide bonds. The Morgan fingerprint density at radius 1 is 1.38 bits per heavy atom. The normalized spacial score (nSPS) is 13.6. The summed E-state index contributed by atoms with van der Waals surface area (Å²) < 4.78 is 38.0. The maximum Gasteiger partial charge on any atom is 0.416 e. The monoisotopic (exact) mass is 229 g/mol. The third kappa shape index (κ3) is 3.10. The Balaban J connectivity index is 3.08. The van der Waals surface area contributed by atoms with Gasteiger partial charge in [-0.15, -0.1) is 6.58 Å². The average molecular weight is 229 g/mol. The van der Waals surface area contributed by atoms with Crippen LogP contribution in [0.1, 0.15) is 30.5 Å². The first-order valence-corrected chi connectivity index (χ1v) is 4.88. The highest BCUT2D eigenvalue weighted by Crippen LogP contribution is 2.35. The quantitative estimate of drug-likeness (QED) is 0.786. The molecule has 0 bridgehead atoms. The second-order valence-corrected chi connectivity index (χ2v) is 3.85. The van der Waals surface area contributed by atoms with Crippen molar-refractivity contribution in [3.05, 3.63) is 47.5 Å². The number of alkyl halides is 3. The van der Waals surface area contributed by atoms with Gasteiger partial charge < -0.3 is 5.73 Å². The Kier molecular flexibility index (Phi) is 3.75. The highest BCUT2D eigenvalue weighted by Gasteiger charge is 2.34. The summed E-state index contributed by atoms with van der Waals surface area (Å²) in [5, 5.41) is 0. The minimum atomic E-state index is -4.36. The lowest BCUT2D eigenvalue weighted by molar-refractivity contribution is -0.138. The summed E-state index contributed by atoms with van der Waals surface area (Å²) in [6, 6.07) is 4.72. The first kappa shape index (κ1) is 12.8. The molecular weight excluding hydrogens is 215 g/mol. The smallest absolute Gasteiger partial charge is 0.324 e. The zero-order valence-corrected chi connectivity index (χ0v) is 9.01. The van der Waals surface area contributed by atoms with Crippen molar-refractivity contribution in [1.29, 1.82) is 0 Å². The summed E-state index contributed by atoms with van der Waals surface area (Å²) in [4.78, 5) is 0. The zero-order chi connectivity index (χ0) is 12.3. The molecule has 0 aromatic heterocycles. The van der Waals surface area contributed by atoms with Crippen LogP contribution in [0.4, 0.5) is 13.2 Å². The molecule has 0 spiro atoms. The van der Waals surface area contributed by atoms with Gasteiger partial charge in [-0.1, -0.05) is 23.8 Å². The Hall–Kier alpha value is -1.29. The van der Waals surface area contributed by atoms with Crippen LogP contribution in [0.3, 0.4) is 0 Å².